The molecule has 5 heteroatoms. The van der Waals surface area contributed by atoms with Gasteiger partial charge in [0, 0.05) is 0 Å². The van der Waals surface area contributed by atoms with Crippen LogP contribution in [0, 0.1) is 11.6 Å². The molecule has 2 aromatic carbocycles. The van der Waals surface area contributed by atoms with E-state index in [1.165, 1.54) is 24.3 Å². The van der Waals surface area contributed by atoms with E-state index >= 15 is 0 Å². The van der Waals surface area contributed by atoms with Crippen LogP contribution in [0.3, 0.4) is 0 Å². The molecule has 0 saturated carbocycles. The van der Waals surface area contributed by atoms with Gasteiger partial charge in [-0.2, -0.15) is 0 Å². The Balaban J connectivity index is 1.95. The Bertz CT molecular complexity index is 630. The molecule has 0 radical (unpaired) electrons. The standard InChI is InChI=1S/C14H8F2N2Se/c15-11-5-1-9(2-6-11)13-17-14(19-18-13)10-3-7-12(16)8-4-10/h1-8H. The Labute approximate surface area is 114 Å². The summed E-state index contributed by atoms with van der Waals surface area (Å²) in [6.45, 7) is 0. The number of aromatic nitrogens is 2. The van der Waals surface area contributed by atoms with Crippen LogP contribution in [0.25, 0.3) is 21.5 Å². The fourth-order valence-electron chi connectivity index (χ4n) is 1.65. The first-order valence-corrected chi connectivity index (χ1v) is 7.20. The molecule has 0 aliphatic carbocycles. The molecule has 0 N–H and O–H groups in total. The van der Waals surface area contributed by atoms with Crippen molar-refractivity contribution in [3.8, 4) is 21.5 Å². The molecule has 94 valence electrons. The second-order valence-electron chi connectivity index (χ2n) is 3.94. The van der Waals surface area contributed by atoms with Crippen LogP contribution in [0.4, 0.5) is 8.78 Å². The van der Waals surface area contributed by atoms with Crippen LogP contribution in [0.1, 0.15) is 0 Å². The molecule has 1 heterocycles. The van der Waals surface area contributed by atoms with Gasteiger partial charge in [-0.05, 0) is 0 Å². The number of hydrogen-bond acceptors (Lipinski definition) is 2. The molecule has 0 bridgehead atoms. The van der Waals surface area contributed by atoms with Crippen molar-refractivity contribution in [3.05, 3.63) is 60.2 Å². The summed E-state index contributed by atoms with van der Waals surface area (Å²) in [6, 6.07) is 12.3. The third kappa shape index (κ3) is 2.62. The van der Waals surface area contributed by atoms with E-state index in [0.29, 0.717) is 5.82 Å². The third-order valence-corrected chi connectivity index (χ3v) is 4.22. The van der Waals surface area contributed by atoms with Gasteiger partial charge in [-0.15, -0.1) is 0 Å². The van der Waals surface area contributed by atoms with Crippen molar-refractivity contribution in [3.63, 3.8) is 0 Å². The Hall–Kier alpha value is -1.84. The first kappa shape index (κ1) is 12.2. The van der Waals surface area contributed by atoms with Crippen molar-refractivity contribution < 1.29 is 8.78 Å². The van der Waals surface area contributed by atoms with Crippen LogP contribution in [0.5, 0.6) is 0 Å². The fourth-order valence-corrected chi connectivity index (χ4v) is 3.09. The molecule has 0 atom stereocenters. The summed E-state index contributed by atoms with van der Waals surface area (Å²) >= 11 is -0.123. The van der Waals surface area contributed by atoms with Crippen molar-refractivity contribution in [2.45, 2.75) is 0 Å². The van der Waals surface area contributed by atoms with Crippen molar-refractivity contribution in [2.75, 3.05) is 0 Å². The van der Waals surface area contributed by atoms with Crippen LogP contribution < -0.4 is 0 Å². The van der Waals surface area contributed by atoms with Gasteiger partial charge in [-0.25, -0.2) is 0 Å². The summed E-state index contributed by atoms with van der Waals surface area (Å²) in [4.78, 5) is 4.44. The van der Waals surface area contributed by atoms with Gasteiger partial charge in [0.2, 0.25) is 0 Å². The zero-order valence-corrected chi connectivity index (χ0v) is 11.4. The Morgan fingerprint density at radius 2 is 1.26 bits per heavy atom. The van der Waals surface area contributed by atoms with Crippen LogP contribution >= 0.6 is 0 Å². The number of hydrogen-bond donors (Lipinski definition) is 0. The van der Waals surface area contributed by atoms with Gasteiger partial charge in [0.15, 0.2) is 0 Å². The van der Waals surface area contributed by atoms with Crippen LogP contribution in [-0.2, 0) is 0 Å². The van der Waals surface area contributed by atoms with Gasteiger partial charge in [-0.3, -0.25) is 0 Å². The second kappa shape index (κ2) is 5.03. The first-order chi connectivity index (χ1) is 9.22. The molecule has 0 unspecified atom stereocenters. The van der Waals surface area contributed by atoms with Crippen molar-refractivity contribution in [1.82, 2.24) is 8.96 Å². The first-order valence-electron chi connectivity index (χ1n) is 5.58. The van der Waals surface area contributed by atoms with Gasteiger partial charge >= 0.3 is 114 Å². The van der Waals surface area contributed by atoms with Gasteiger partial charge in [-0.1, -0.05) is 0 Å². The Morgan fingerprint density at radius 1 is 0.737 bits per heavy atom. The topological polar surface area (TPSA) is 25.8 Å². The predicted molar refractivity (Wildman–Crippen MR) is 69.8 cm³/mol. The molecule has 0 spiro atoms. The van der Waals surface area contributed by atoms with Crippen LogP contribution in [0.15, 0.2) is 48.5 Å². The van der Waals surface area contributed by atoms with Crippen LogP contribution in [-0.4, -0.2) is 23.7 Å². The summed E-state index contributed by atoms with van der Waals surface area (Å²) in [5.74, 6) is 0.0597. The minimum absolute atomic E-state index is 0.123. The maximum absolute atomic E-state index is 12.9. The molecule has 0 fully saturated rings. The molecule has 3 rings (SSSR count). The Kier molecular flexibility index (Phi) is 3.23. The van der Waals surface area contributed by atoms with E-state index in [-0.39, 0.29) is 26.4 Å². The molecule has 0 amide bonds. The molecular formula is C14H8F2N2Se. The zero-order chi connectivity index (χ0) is 13.2. The third-order valence-electron chi connectivity index (χ3n) is 2.62. The van der Waals surface area contributed by atoms with Crippen molar-refractivity contribution >= 4 is 14.7 Å². The van der Waals surface area contributed by atoms with E-state index in [9.17, 15) is 8.78 Å². The fraction of sp³-hybridized carbons (Fsp3) is 0. The SMILES string of the molecule is Fc1ccc(-c2n[se]c(-c3ccc(F)cc3)n2)cc1. The maximum atomic E-state index is 12.9. The number of benzene rings is 2. The molecular weight excluding hydrogens is 313 g/mol. The molecule has 0 aliphatic heterocycles. The van der Waals surface area contributed by atoms with E-state index in [1.807, 2.05) is 0 Å². The average molecular weight is 321 g/mol. The molecule has 1 aromatic heterocycles. The van der Waals surface area contributed by atoms with Gasteiger partial charge < -0.3 is 0 Å². The predicted octanol–water partition coefficient (Wildman–Crippen LogP) is 3.15. The van der Waals surface area contributed by atoms with E-state index < -0.39 is 0 Å². The van der Waals surface area contributed by atoms with E-state index in [4.69, 9.17) is 0 Å². The van der Waals surface area contributed by atoms with Gasteiger partial charge in [0.25, 0.3) is 0 Å². The summed E-state index contributed by atoms with van der Waals surface area (Å²) < 4.78 is 30.9. The summed E-state index contributed by atoms with van der Waals surface area (Å²) in [5.41, 5.74) is 1.67. The number of halogens is 2. The molecule has 0 aliphatic rings. The van der Waals surface area contributed by atoms with Crippen molar-refractivity contribution in [1.29, 1.82) is 0 Å². The minimum atomic E-state index is -0.282. The molecule has 0 saturated heterocycles. The zero-order valence-electron chi connectivity index (χ0n) is 9.68. The molecule has 2 nitrogen and oxygen atoms in total. The van der Waals surface area contributed by atoms with Gasteiger partial charge in [0.05, 0.1) is 0 Å². The van der Waals surface area contributed by atoms with Crippen LogP contribution in [0.2, 0.25) is 0 Å². The summed E-state index contributed by atoms with van der Waals surface area (Å²) in [6.07, 6.45) is 0. The van der Waals surface area contributed by atoms with Crippen molar-refractivity contribution in [2.24, 2.45) is 0 Å². The molecule has 19 heavy (non-hydrogen) atoms. The van der Waals surface area contributed by atoms with E-state index in [2.05, 4.69) is 8.96 Å². The number of rotatable bonds is 2. The van der Waals surface area contributed by atoms with E-state index in [1.54, 1.807) is 24.3 Å². The average Bonchev–Trinajstić information content (AvgIpc) is 2.90. The number of nitrogens with zero attached hydrogens (tertiary/aromatic N) is 2. The quantitative estimate of drug-likeness (QED) is 0.678. The van der Waals surface area contributed by atoms with Gasteiger partial charge in [0.1, 0.15) is 0 Å². The normalized spacial score (nSPS) is 10.6. The second-order valence-corrected chi connectivity index (χ2v) is 5.51. The van der Waals surface area contributed by atoms with E-state index in [0.717, 1.165) is 15.7 Å². The summed E-state index contributed by atoms with van der Waals surface area (Å²) in [7, 11) is 0. The monoisotopic (exact) mass is 322 g/mol. The Morgan fingerprint density at radius 3 is 1.84 bits per heavy atom. The summed E-state index contributed by atoms with van der Waals surface area (Å²) in [5, 5.41) is 0. The molecule has 3 aromatic rings.